The van der Waals surface area contributed by atoms with Crippen molar-refractivity contribution in [3.63, 3.8) is 0 Å². The van der Waals surface area contributed by atoms with Crippen LogP contribution in [-0.2, 0) is 0 Å². The summed E-state index contributed by atoms with van der Waals surface area (Å²) in [5.74, 6) is 0.714. The number of benzene rings is 1. The number of aryl methyl sites for hydroxylation is 1. The molecule has 4 nitrogen and oxygen atoms in total. The van der Waals surface area contributed by atoms with Gasteiger partial charge in [0.1, 0.15) is 0 Å². The SMILES string of the molecule is Cc1cnc(Nc2ccc(N3CCCCC3)cc2)c(N)c1. The van der Waals surface area contributed by atoms with Crippen molar-refractivity contribution in [2.75, 3.05) is 29.0 Å². The molecule has 2 aromatic rings. The van der Waals surface area contributed by atoms with Crippen LogP contribution in [0, 0.1) is 6.92 Å². The highest BCUT2D eigenvalue weighted by atomic mass is 15.1. The molecule has 3 rings (SSSR count). The Morgan fingerprint density at radius 3 is 2.48 bits per heavy atom. The van der Waals surface area contributed by atoms with Gasteiger partial charge in [-0.05, 0) is 62.1 Å². The number of anilines is 4. The number of rotatable bonds is 3. The van der Waals surface area contributed by atoms with E-state index in [2.05, 4.69) is 39.5 Å². The number of nitrogen functional groups attached to an aromatic ring is 1. The van der Waals surface area contributed by atoms with Gasteiger partial charge in [-0.2, -0.15) is 0 Å². The number of nitrogens with zero attached hydrogens (tertiary/aromatic N) is 2. The van der Waals surface area contributed by atoms with E-state index in [1.165, 1.54) is 38.0 Å². The molecule has 1 fully saturated rings. The largest absolute Gasteiger partial charge is 0.396 e. The molecule has 1 aliphatic heterocycles. The third-order valence-corrected chi connectivity index (χ3v) is 3.91. The molecule has 2 heterocycles. The lowest BCUT2D eigenvalue weighted by Gasteiger charge is -2.28. The fourth-order valence-corrected chi connectivity index (χ4v) is 2.74. The standard InChI is InChI=1S/C17H22N4/c1-13-11-16(18)17(19-12-13)20-14-5-7-15(8-6-14)21-9-3-2-4-10-21/h5-8,11-12H,2-4,9-10,18H2,1H3,(H,19,20). The summed E-state index contributed by atoms with van der Waals surface area (Å²) in [6.45, 7) is 4.32. The highest BCUT2D eigenvalue weighted by Gasteiger charge is 2.10. The zero-order valence-electron chi connectivity index (χ0n) is 12.5. The van der Waals surface area contributed by atoms with E-state index in [4.69, 9.17) is 5.73 Å². The van der Waals surface area contributed by atoms with Crippen LogP contribution in [0.2, 0.25) is 0 Å². The molecule has 0 radical (unpaired) electrons. The highest BCUT2D eigenvalue weighted by molar-refractivity contribution is 5.70. The van der Waals surface area contributed by atoms with Gasteiger partial charge in [0.15, 0.2) is 5.82 Å². The number of piperidine rings is 1. The molecule has 1 saturated heterocycles. The average molecular weight is 282 g/mol. The monoisotopic (exact) mass is 282 g/mol. The second-order valence-corrected chi connectivity index (χ2v) is 5.67. The van der Waals surface area contributed by atoms with Crippen molar-refractivity contribution in [3.05, 3.63) is 42.1 Å². The van der Waals surface area contributed by atoms with Gasteiger partial charge in [-0.15, -0.1) is 0 Å². The Bertz CT molecular complexity index is 601. The Hall–Kier alpha value is -2.23. The van der Waals surface area contributed by atoms with Crippen LogP contribution in [0.5, 0.6) is 0 Å². The van der Waals surface area contributed by atoms with E-state index in [-0.39, 0.29) is 0 Å². The average Bonchev–Trinajstić information content (AvgIpc) is 2.52. The van der Waals surface area contributed by atoms with Crippen molar-refractivity contribution in [2.24, 2.45) is 0 Å². The molecule has 4 heteroatoms. The van der Waals surface area contributed by atoms with Gasteiger partial charge in [-0.25, -0.2) is 4.98 Å². The van der Waals surface area contributed by atoms with Crippen LogP contribution in [0.4, 0.5) is 22.9 Å². The number of nitrogens with two attached hydrogens (primary N) is 1. The molecule has 0 saturated carbocycles. The molecular formula is C17H22N4. The van der Waals surface area contributed by atoms with Crippen molar-refractivity contribution in [1.29, 1.82) is 0 Å². The van der Waals surface area contributed by atoms with Crippen LogP contribution in [-0.4, -0.2) is 18.1 Å². The van der Waals surface area contributed by atoms with Crippen LogP contribution in [0.1, 0.15) is 24.8 Å². The topological polar surface area (TPSA) is 54.2 Å². The molecule has 0 atom stereocenters. The van der Waals surface area contributed by atoms with Crippen molar-refractivity contribution in [1.82, 2.24) is 4.98 Å². The van der Waals surface area contributed by atoms with E-state index >= 15 is 0 Å². The minimum atomic E-state index is 0.676. The van der Waals surface area contributed by atoms with Crippen molar-refractivity contribution in [3.8, 4) is 0 Å². The van der Waals surface area contributed by atoms with Crippen molar-refractivity contribution < 1.29 is 0 Å². The maximum absolute atomic E-state index is 5.98. The van der Waals surface area contributed by atoms with Crippen LogP contribution >= 0.6 is 0 Å². The Morgan fingerprint density at radius 1 is 1.10 bits per heavy atom. The van der Waals surface area contributed by atoms with Crippen LogP contribution in [0.25, 0.3) is 0 Å². The Labute approximate surface area is 126 Å². The second-order valence-electron chi connectivity index (χ2n) is 5.67. The smallest absolute Gasteiger partial charge is 0.153 e. The number of aromatic nitrogens is 1. The summed E-state index contributed by atoms with van der Waals surface area (Å²) in [5, 5.41) is 3.27. The van der Waals surface area contributed by atoms with Gasteiger partial charge >= 0.3 is 0 Å². The van der Waals surface area contributed by atoms with Crippen LogP contribution < -0.4 is 16.0 Å². The maximum Gasteiger partial charge on any atom is 0.153 e. The zero-order chi connectivity index (χ0) is 14.7. The van der Waals surface area contributed by atoms with Gasteiger partial charge in [0.2, 0.25) is 0 Å². The molecule has 0 spiro atoms. The van der Waals surface area contributed by atoms with Gasteiger partial charge in [0, 0.05) is 30.7 Å². The first-order chi connectivity index (χ1) is 10.2. The summed E-state index contributed by atoms with van der Waals surface area (Å²) >= 11 is 0. The number of hydrogen-bond donors (Lipinski definition) is 2. The molecule has 1 aliphatic rings. The molecule has 1 aromatic carbocycles. The van der Waals surface area contributed by atoms with Crippen LogP contribution in [0.15, 0.2) is 36.5 Å². The number of hydrogen-bond acceptors (Lipinski definition) is 4. The molecule has 0 bridgehead atoms. The lowest BCUT2D eigenvalue weighted by atomic mass is 10.1. The predicted molar refractivity (Wildman–Crippen MR) is 89.2 cm³/mol. The van der Waals surface area contributed by atoms with E-state index in [9.17, 15) is 0 Å². The normalized spacial score (nSPS) is 15.0. The summed E-state index contributed by atoms with van der Waals surface area (Å²) in [4.78, 5) is 6.79. The third kappa shape index (κ3) is 3.27. The first kappa shape index (κ1) is 13.7. The lowest BCUT2D eigenvalue weighted by Crippen LogP contribution is -2.29. The molecule has 21 heavy (non-hydrogen) atoms. The first-order valence-corrected chi connectivity index (χ1v) is 7.56. The van der Waals surface area contributed by atoms with Gasteiger partial charge in [-0.1, -0.05) is 0 Å². The molecular weight excluding hydrogens is 260 g/mol. The Balaban J connectivity index is 1.71. The van der Waals surface area contributed by atoms with Gasteiger partial charge in [0.05, 0.1) is 5.69 Å². The molecule has 0 amide bonds. The number of pyridine rings is 1. The summed E-state index contributed by atoms with van der Waals surface area (Å²) in [7, 11) is 0. The quantitative estimate of drug-likeness (QED) is 0.901. The Kier molecular flexibility index (Phi) is 3.95. The fraction of sp³-hybridized carbons (Fsp3) is 0.353. The minimum absolute atomic E-state index is 0.676. The van der Waals surface area contributed by atoms with E-state index in [0.29, 0.717) is 11.5 Å². The summed E-state index contributed by atoms with van der Waals surface area (Å²) in [5.41, 5.74) is 10.0. The molecule has 1 aromatic heterocycles. The van der Waals surface area contributed by atoms with Gasteiger partial charge in [-0.3, -0.25) is 0 Å². The molecule has 0 aliphatic carbocycles. The highest BCUT2D eigenvalue weighted by Crippen LogP contribution is 2.25. The summed E-state index contributed by atoms with van der Waals surface area (Å²) in [6, 6.07) is 10.4. The van der Waals surface area contributed by atoms with Gasteiger partial charge in [0.25, 0.3) is 0 Å². The first-order valence-electron chi connectivity index (χ1n) is 7.56. The predicted octanol–water partition coefficient (Wildman–Crippen LogP) is 3.71. The van der Waals surface area contributed by atoms with Gasteiger partial charge < -0.3 is 16.0 Å². The third-order valence-electron chi connectivity index (χ3n) is 3.91. The summed E-state index contributed by atoms with van der Waals surface area (Å²) < 4.78 is 0. The fourth-order valence-electron chi connectivity index (χ4n) is 2.74. The second kappa shape index (κ2) is 6.04. The van der Waals surface area contributed by atoms with E-state index < -0.39 is 0 Å². The van der Waals surface area contributed by atoms with Crippen molar-refractivity contribution in [2.45, 2.75) is 26.2 Å². The molecule has 110 valence electrons. The Morgan fingerprint density at radius 2 is 1.81 bits per heavy atom. The molecule has 0 unspecified atom stereocenters. The maximum atomic E-state index is 5.98. The van der Waals surface area contributed by atoms with E-state index in [1.807, 2.05) is 19.2 Å². The number of nitrogens with one attached hydrogen (secondary N) is 1. The van der Waals surface area contributed by atoms with E-state index in [1.54, 1.807) is 0 Å². The summed E-state index contributed by atoms with van der Waals surface area (Å²) in [6.07, 6.45) is 5.77. The van der Waals surface area contributed by atoms with E-state index in [0.717, 1.165) is 11.3 Å². The lowest BCUT2D eigenvalue weighted by molar-refractivity contribution is 0.578. The minimum Gasteiger partial charge on any atom is -0.396 e. The van der Waals surface area contributed by atoms with Crippen LogP contribution in [0.3, 0.4) is 0 Å². The molecule has 3 N–H and O–H groups in total. The van der Waals surface area contributed by atoms with Crippen molar-refractivity contribution >= 4 is 22.9 Å². The zero-order valence-corrected chi connectivity index (χ0v) is 12.5.